The molecule has 1 aliphatic rings. The number of hydrogen-bond acceptors (Lipinski definition) is 5. The van der Waals surface area contributed by atoms with Gasteiger partial charge in [0.05, 0.1) is 27.7 Å². The van der Waals surface area contributed by atoms with E-state index < -0.39 is 11.7 Å². The van der Waals surface area contributed by atoms with Crippen molar-refractivity contribution in [1.82, 2.24) is 10.6 Å². The second-order valence-electron chi connectivity index (χ2n) is 6.22. The number of halogens is 4. The highest BCUT2D eigenvalue weighted by Gasteiger charge is 2.16. The maximum atomic E-state index is 13.4. The number of benzene rings is 2. The van der Waals surface area contributed by atoms with E-state index in [9.17, 15) is 9.18 Å². The van der Waals surface area contributed by atoms with Gasteiger partial charge in [-0.1, -0.05) is 48.7 Å². The fourth-order valence-corrected chi connectivity index (χ4v) is 3.26. The number of amides is 1. The van der Waals surface area contributed by atoms with E-state index in [1.165, 1.54) is 32.7 Å². The molecule has 31 heavy (non-hydrogen) atoms. The van der Waals surface area contributed by atoms with Crippen LogP contribution in [0.25, 0.3) is 0 Å². The molecule has 0 spiro atoms. The number of hydrogen-bond donors (Lipinski definition) is 2. The summed E-state index contributed by atoms with van der Waals surface area (Å²) >= 11 is 17.5. The van der Waals surface area contributed by atoms with Gasteiger partial charge in [-0.15, -0.1) is 5.17 Å². The molecule has 0 saturated carbocycles. The first kappa shape index (κ1) is 27.3. The number of nitrogens with zero attached hydrogens (tertiary/aromatic N) is 2. The van der Waals surface area contributed by atoms with E-state index in [0.29, 0.717) is 15.2 Å². The molecule has 0 atom stereocenters. The molecule has 0 aliphatic carbocycles. The lowest BCUT2D eigenvalue weighted by Crippen LogP contribution is -2.37. The number of hydroxylamine groups is 1. The maximum absolute atomic E-state index is 13.4. The Balaban J connectivity index is 0.000000291. The van der Waals surface area contributed by atoms with Gasteiger partial charge in [0.1, 0.15) is 11.6 Å². The van der Waals surface area contributed by atoms with Crippen LogP contribution in [-0.4, -0.2) is 43.5 Å². The molecular weight excluding hydrogens is 468 g/mol. The van der Waals surface area contributed by atoms with Crippen molar-refractivity contribution in [1.29, 1.82) is 0 Å². The van der Waals surface area contributed by atoms with Crippen molar-refractivity contribution >= 4 is 46.4 Å². The summed E-state index contributed by atoms with van der Waals surface area (Å²) in [6.07, 6.45) is 2.56. The first-order chi connectivity index (χ1) is 14.7. The van der Waals surface area contributed by atoms with E-state index in [-0.39, 0.29) is 16.3 Å². The summed E-state index contributed by atoms with van der Waals surface area (Å²) in [6, 6.07) is 7.94. The van der Waals surface area contributed by atoms with Crippen molar-refractivity contribution in [2.45, 2.75) is 26.7 Å². The van der Waals surface area contributed by atoms with Gasteiger partial charge in [-0.05, 0) is 37.1 Å². The number of ether oxygens (including phenoxy) is 1. The van der Waals surface area contributed by atoms with Gasteiger partial charge in [-0.2, -0.15) is 0 Å². The highest BCUT2D eigenvalue weighted by atomic mass is 35.5. The number of anilines is 1. The van der Waals surface area contributed by atoms with E-state index in [0.717, 1.165) is 25.2 Å². The van der Waals surface area contributed by atoms with Crippen molar-refractivity contribution in [2.75, 3.05) is 32.1 Å². The molecule has 1 saturated heterocycles. The molecule has 0 bridgehead atoms. The Morgan fingerprint density at radius 3 is 2.23 bits per heavy atom. The summed E-state index contributed by atoms with van der Waals surface area (Å²) in [7, 11) is 2.52. The first-order valence-electron chi connectivity index (χ1n) is 9.69. The third-order valence-electron chi connectivity index (χ3n) is 4.12. The van der Waals surface area contributed by atoms with Crippen LogP contribution in [0.15, 0.2) is 30.3 Å². The molecule has 2 N–H and O–H groups in total. The molecule has 10 heteroatoms. The van der Waals surface area contributed by atoms with E-state index in [1.54, 1.807) is 0 Å². The number of methoxy groups -OCH3 is 1. The fourth-order valence-electron chi connectivity index (χ4n) is 2.72. The summed E-state index contributed by atoms with van der Waals surface area (Å²) < 4.78 is 18.2. The third-order valence-corrected chi connectivity index (χ3v) is 5.16. The number of carbonyl (C=O) groups excluding carboxylic acids is 1. The summed E-state index contributed by atoms with van der Waals surface area (Å²) in [5.41, 5.74) is 2.88. The van der Waals surface area contributed by atoms with Crippen LogP contribution in [0.4, 0.5) is 10.1 Å². The molecule has 6 nitrogen and oxygen atoms in total. The topological polar surface area (TPSA) is 65.0 Å². The molecule has 0 unspecified atom stereocenters. The summed E-state index contributed by atoms with van der Waals surface area (Å²) in [5, 5.41) is 10.6. The Labute approximate surface area is 197 Å². The zero-order chi connectivity index (χ0) is 23.6. The Morgan fingerprint density at radius 1 is 1.10 bits per heavy atom. The van der Waals surface area contributed by atoms with Gasteiger partial charge in [0.15, 0.2) is 0 Å². The number of carbonyl (C=O) groups is 1. The minimum Gasteiger partial charge on any atom is -0.495 e. The maximum Gasteiger partial charge on any atom is 0.270 e. The molecular formula is C21H27Cl3FN3O3. The Bertz CT molecular complexity index is 863. The van der Waals surface area contributed by atoms with Crippen molar-refractivity contribution < 1.29 is 19.1 Å². The highest BCUT2D eigenvalue weighted by molar-refractivity contribution is 6.42. The standard InChI is InChI=1S/C10H11Cl2N.C9H10ClFN2O3.C2H6/c11-9-4-3-8(7-10(9)12)13-5-1-2-6-13;1-13(15)12-9(14)5-3-6(10)8(16-2)4-7(5)11;1-2/h3-4,7H,1-2,5-6H2;3-4,15H,1-2H3,(H,12,14);1-2H3. The minimum atomic E-state index is -0.813. The molecule has 1 fully saturated rings. The van der Waals surface area contributed by atoms with Crippen LogP contribution in [0.3, 0.4) is 0 Å². The van der Waals surface area contributed by atoms with E-state index in [4.69, 9.17) is 44.7 Å². The second kappa shape index (κ2) is 13.6. The molecule has 1 amide bonds. The van der Waals surface area contributed by atoms with Crippen molar-refractivity contribution in [3.63, 3.8) is 0 Å². The van der Waals surface area contributed by atoms with Gasteiger partial charge in [-0.25, -0.2) is 4.39 Å². The molecule has 172 valence electrons. The van der Waals surface area contributed by atoms with Crippen LogP contribution in [-0.2, 0) is 0 Å². The Morgan fingerprint density at radius 2 is 1.71 bits per heavy atom. The Hall–Kier alpha value is -1.77. The number of hydrazine groups is 1. The first-order valence-corrected chi connectivity index (χ1v) is 10.8. The van der Waals surface area contributed by atoms with Crippen LogP contribution < -0.4 is 15.1 Å². The molecule has 2 aromatic carbocycles. The normalized spacial score (nSPS) is 12.5. The molecule has 3 rings (SSSR count). The average Bonchev–Trinajstić information content (AvgIpc) is 3.27. The van der Waals surface area contributed by atoms with E-state index >= 15 is 0 Å². The van der Waals surface area contributed by atoms with Crippen LogP contribution in [0, 0.1) is 5.82 Å². The fraction of sp³-hybridized carbons (Fsp3) is 0.381. The van der Waals surface area contributed by atoms with Gasteiger partial charge in [0, 0.05) is 31.9 Å². The van der Waals surface area contributed by atoms with Gasteiger partial charge >= 0.3 is 0 Å². The summed E-state index contributed by atoms with van der Waals surface area (Å²) in [4.78, 5) is 13.7. The number of nitrogens with one attached hydrogen (secondary N) is 1. The zero-order valence-electron chi connectivity index (χ0n) is 17.9. The zero-order valence-corrected chi connectivity index (χ0v) is 20.2. The number of rotatable bonds is 4. The highest BCUT2D eigenvalue weighted by Crippen LogP contribution is 2.29. The summed E-state index contributed by atoms with van der Waals surface area (Å²) in [5.74, 6) is -1.47. The van der Waals surface area contributed by atoms with Crippen molar-refractivity contribution in [2.24, 2.45) is 0 Å². The van der Waals surface area contributed by atoms with Gasteiger partial charge in [0.25, 0.3) is 5.91 Å². The SMILES string of the molecule is CC.COc1cc(F)c(C(=O)NN(C)O)cc1Cl.Clc1ccc(N2CCCC2)cc1Cl. The molecule has 1 heterocycles. The average molecular weight is 495 g/mol. The molecule has 0 aromatic heterocycles. The summed E-state index contributed by atoms with van der Waals surface area (Å²) in [6.45, 7) is 6.27. The van der Waals surface area contributed by atoms with Crippen LogP contribution in [0.1, 0.15) is 37.0 Å². The Kier molecular flexibility index (Phi) is 12.0. The largest absolute Gasteiger partial charge is 0.495 e. The van der Waals surface area contributed by atoms with Gasteiger partial charge < -0.3 is 9.64 Å². The van der Waals surface area contributed by atoms with Crippen molar-refractivity contribution in [3.8, 4) is 5.75 Å². The molecule has 0 radical (unpaired) electrons. The lowest BCUT2D eigenvalue weighted by atomic mass is 10.2. The van der Waals surface area contributed by atoms with Crippen LogP contribution in [0.5, 0.6) is 5.75 Å². The predicted molar refractivity (Wildman–Crippen MR) is 124 cm³/mol. The quantitative estimate of drug-likeness (QED) is 0.505. The van der Waals surface area contributed by atoms with Crippen LogP contribution in [0.2, 0.25) is 15.1 Å². The van der Waals surface area contributed by atoms with E-state index in [1.807, 2.05) is 37.5 Å². The van der Waals surface area contributed by atoms with Gasteiger partial charge in [-0.3, -0.25) is 15.4 Å². The van der Waals surface area contributed by atoms with Crippen molar-refractivity contribution in [3.05, 3.63) is 56.8 Å². The second-order valence-corrected chi connectivity index (χ2v) is 7.45. The minimum absolute atomic E-state index is 0.106. The molecule has 1 aliphatic heterocycles. The monoisotopic (exact) mass is 493 g/mol. The van der Waals surface area contributed by atoms with E-state index in [2.05, 4.69) is 4.90 Å². The molecule has 2 aromatic rings. The predicted octanol–water partition coefficient (Wildman–Crippen LogP) is 6.07. The lowest BCUT2D eigenvalue weighted by Gasteiger charge is -2.17. The van der Waals surface area contributed by atoms with Gasteiger partial charge in [0.2, 0.25) is 0 Å². The lowest BCUT2D eigenvalue weighted by molar-refractivity contribution is -0.100. The van der Waals surface area contributed by atoms with Crippen LogP contribution >= 0.6 is 34.8 Å². The third kappa shape index (κ3) is 8.35. The smallest absolute Gasteiger partial charge is 0.270 e.